The maximum Gasteiger partial charge on any atom is 0.121 e. The quantitative estimate of drug-likeness (QED) is 0.856. The Kier molecular flexibility index (Phi) is 4.04. The molecule has 3 heteroatoms. The molecule has 1 aromatic carbocycles. The highest BCUT2D eigenvalue weighted by Gasteiger charge is 2.47. The SMILES string of the molecule is CC(C)COc1cccc(NC2CC(O)C2(C)C)c1. The molecule has 1 aliphatic carbocycles. The van der Waals surface area contributed by atoms with E-state index in [4.69, 9.17) is 4.74 Å². The highest BCUT2D eigenvalue weighted by Crippen LogP contribution is 2.42. The minimum atomic E-state index is -0.203. The summed E-state index contributed by atoms with van der Waals surface area (Å²) in [5.41, 5.74) is 1.00. The molecule has 0 spiro atoms. The molecule has 1 aromatic rings. The fraction of sp³-hybridized carbons (Fsp3) is 0.625. The van der Waals surface area contributed by atoms with E-state index in [-0.39, 0.29) is 11.5 Å². The lowest BCUT2D eigenvalue weighted by molar-refractivity contribution is -0.0510. The summed E-state index contributed by atoms with van der Waals surface area (Å²) in [6.07, 6.45) is 0.606. The van der Waals surface area contributed by atoms with E-state index in [9.17, 15) is 5.11 Å². The van der Waals surface area contributed by atoms with Gasteiger partial charge in [-0.25, -0.2) is 0 Å². The molecule has 1 saturated carbocycles. The first kappa shape index (κ1) is 14.2. The zero-order chi connectivity index (χ0) is 14.0. The van der Waals surface area contributed by atoms with E-state index >= 15 is 0 Å². The molecule has 0 saturated heterocycles. The summed E-state index contributed by atoms with van der Waals surface area (Å²) >= 11 is 0. The molecule has 2 N–H and O–H groups in total. The number of anilines is 1. The predicted molar refractivity (Wildman–Crippen MR) is 78.6 cm³/mol. The molecule has 0 aliphatic heterocycles. The number of hydrogen-bond acceptors (Lipinski definition) is 3. The number of benzene rings is 1. The average molecular weight is 263 g/mol. The molecule has 0 heterocycles. The van der Waals surface area contributed by atoms with E-state index in [0.717, 1.165) is 24.5 Å². The summed E-state index contributed by atoms with van der Waals surface area (Å²) in [5.74, 6) is 1.42. The second kappa shape index (κ2) is 5.41. The number of nitrogens with one attached hydrogen (secondary N) is 1. The summed E-state index contributed by atoms with van der Waals surface area (Å²) in [4.78, 5) is 0. The molecule has 2 atom stereocenters. The largest absolute Gasteiger partial charge is 0.493 e. The van der Waals surface area contributed by atoms with Gasteiger partial charge in [0.25, 0.3) is 0 Å². The Hall–Kier alpha value is -1.22. The lowest BCUT2D eigenvalue weighted by Crippen LogP contribution is -2.56. The molecule has 1 aliphatic rings. The summed E-state index contributed by atoms with van der Waals surface area (Å²) in [7, 11) is 0. The molecule has 0 aromatic heterocycles. The first-order valence-electron chi connectivity index (χ1n) is 7.07. The molecule has 19 heavy (non-hydrogen) atoms. The highest BCUT2D eigenvalue weighted by atomic mass is 16.5. The van der Waals surface area contributed by atoms with Gasteiger partial charge in [-0.3, -0.25) is 0 Å². The molecule has 2 rings (SSSR count). The van der Waals surface area contributed by atoms with Crippen LogP contribution in [0.2, 0.25) is 0 Å². The Balaban J connectivity index is 1.96. The van der Waals surface area contributed by atoms with Crippen LogP contribution in [-0.2, 0) is 0 Å². The minimum Gasteiger partial charge on any atom is -0.493 e. The summed E-state index contributed by atoms with van der Waals surface area (Å²) < 4.78 is 5.73. The fourth-order valence-electron chi connectivity index (χ4n) is 2.29. The fourth-order valence-corrected chi connectivity index (χ4v) is 2.29. The van der Waals surface area contributed by atoms with Gasteiger partial charge in [-0.1, -0.05) is 33.8 Å². The van der Waals surface area contributed by atoms with Gasteiger partial charge in [0.15, 0.2) is 0 Å². The molecule has 2 unspecified atom stereocenters. The zero-order valence-corrected chi connectivity index (χ0v) is 12.3. The van der Waals surface area contributed by atoms with Gasteiger partial charge in [-0.05, 0) is 24.5 Å². The van der Waals surface area contributed by atoms with Gasteiger partial charge in [0.05, 0.1) is 12.7 Å². The Bertz CT molecular complexity index is 429. The number of rotatable bonds is 5. The summed E-state index contributed by atoms with van der Waals surface area (Å²) in [6.45, 7) is 9.20. The molecule has 0 amide bonds. The summed E-state index contributed by atoms with van der Waals surface area (Å²) in [6, 6.07) is 8.38. The van der Waals surface area contributed by atoms with Crippen LogP contribution in [0.1, 0.15) is 34.1 Å². The first-order chi connectivity index (χ1) is 8.89. The van der Waals surface area contributed by atoms with Crippen LogP contribution in [0.3, 0.4) is 0 Å². The van der Waals surface area contributed by atoms with Gasteiger partial charge >= 0.3 is 0 Å². The van der Waals surface area contributed by atoms with E-state index in [2.05, 4.69) is 33.0 Å². The van der Waals surface area contributed by atoms with Crippen LogP contribution in [0.25, 0.3) is 0 Å². The number of aliphatic hydroxyl groups excluding tert-OH is 1. The molecule has 0 bridgehead atoms. The van der Waals surface area contributed by atoms with E-state index in [0.29, 0.717) is 12.0 Å². The monoisotopic (exact) mass is 263 g/mol. The van der Waals surface area contributed by atoms with E-state index in [1.165, 1.54) is 0 Å². The maximum absolute atomic E-state index is 9.76. The van der Waals surface area contributed by atoms with Gasteiger partial charge < -0.3 is 15.2 Å². The second-order valence-electron chi connectivity index (χ2n) is 6.50. The van der Waals surface area contributed by atoms with Crippen molar-refractivity contribution in [3.8, 4) is 5.75 Å². The van der Waals surface area contributed by atoms with Crippen LogP contribution in [0.15, 0.2) is 24.3 Å². The van der Waals surface area contributed by atoms with Crippen LogP contribution >= 0.6 is 0 Å². The summed E-state index contributed by atoms with van der Waals surface area (Å²) in [5, 5.41) is 13.2. The number of ether oxygens (including phenoxy) is 1. The molecular weight excluding hydrogens is 238 g/mol. The van der Waals surface area contributed by atoms with Crippen molar-refractivity contribution in [2.45, 2.75) is 46.3 Å². The van der Waals surface area contributed by atoms with Crippen molar-refractivity contribution >= 4 is 5.69 Å². The van der Waals surface area contributed by atoms with Gasteiger partial charge in [-0.15, -0.1) is 0 Å². The van der Waals surface area contributed by atoms with Crippen molar-refractivity contribution in [3.05, 3.63) is 24.3 Å². The third-order valence-corrected chi connectivity index (χ3v) is 3.97. The van der Waals surface area contributed by atoms with Crippen molar-refractivity contribution in [1.82, 2.24) is 0 Å². The Morgan fingerprint density at radius 1 is 1.42 bits per heavy atom. The highest BCUT2D eigenvalue weighted by molar-refractivity contribution is 5.49. The molecule has 106 valence electrons. The third-order valence-electron chi connectivity index (χ3n) is 3.97. The van der Waals surface area contributed by atoms with Gasteiger partial charge in [0, 0.05) is 23.2 Å². The molecule has 3 nitrogen and oxygen atoms in total. The third kappa shape index (κ3) is 3.21. The van der Waals surface area contributed by atoms with E-state index < -0.39 is 0 Å². The smallest absolute Gasteiger partial charge is 0.121 e. The topological polar surface area (TPSA) is 41.5 Å². The van der Waals surface area contributed by atoms with Crippen LogP contribution in [0.5, 0.6) is 5.75 Å². The predicted octanol–water partition coefficient (Wildman–Crippen LogP) is 3.29. The first-order valence-corrected chi connectivity index (χ1v) is 7.07. The van der Waals surface area contributed by atoms with Crippen molar-refractivity contribution in [2.24, 2.45) is 11.3 Å². The van der Waals surface area contributed by atoms with Gasteiger partial charge in [0.1, 0.15) is 5.75 Å². The van der Waals surface area contributed by atoms with Crippen LogP contribution < -0.4 is 10.1 Å². The van der Waals surface area contributed by atoms with E-state index in [1.54, 1.807) is 0 Å². The molecular formula is C16H25NO2. The Morgan fingerprint density at radius 3 is 2.74 bits per heavy atom. The van der Waals surface area contributed by atoms with Crippen molar-refractivity contribution in [2.75, 3.05) is 11.9 Å². The standard InChI is InChI=1S/C16H25NO2/c1-11(2)10-19-13-7-5-6-12(8-13)17-14-9-15(18)16(14,3)4/h5-8,11,14-15,17-18H,9-10H2,1-4H3. The van der Waals surface area contributed by atoms with E-state index in [1.807, 2.05) is 24.3 Å². The van der Waals surface area contributed by atoms with Crippen molar-refractivity contribution < 1.29 is 9.84 Å². The molecule has 0 radical (unpaired) electrons. The maximum atomic E-state index is 9.76. The lowest BCUT2D eigenvalue weighted by atomic mass is 9.64. The Labute approximate surface area is 116 Å². The van der Waals surface area contributed by atoms with Gasteiger partial charge in [0.2, 0.25) is 0 Å². The van der Waals surface area contributed by atoms with Crippen molar-refractivity contribution in [1.29, 1.82) is 0 Å². The molecule has 1 fully saturated rings. The normalized spacial score (nSPS) is 24.9. The van der Waals surface area contributed by atoms with Crippen molar-refractivity contribution in [3.63, 3.8) is 0 Å². The zero-order valence-electron chi connectivity index (χ0n) is 12.3. The number of aliphatic hydroxyl groups is 1. The second-order valence-corrected chi connectivity index (χ2v) is 6.50. The van der Waals surface area contributed by atoms with Crippen LogP contribution in [0.4, 0.5) is 5.69 Å². The average Bonchev–Trinajstić information content (AvgIpc) is 2.36. The lowest BCUT2D eigenvalue weighted by Gasteiger charge is -2.49. The minimum absolute atomic E-state index is 0.0607. The van der Waals surface area contributed by atoms with Crippen LogP contribution in [-0.4, -0.2) is 23.9 Å². The van der Waals surface area contributed by atoms with Gasteiger partial charge in [-0.2, -0.15) is 0 Å². The number of hydrogen-bond donors (Lipinski definition) is 2. The Morgan fingerprint density at radius 2 is 2.16 bits per heavy atom. The van der Waals surface area contributed by atoms with Crippen LogP contribution in [0, 0.1) is 11.3 Å².